The van der Waals surface area contributed by atoms with Crippen molar-refractivity contribution in [1.29, 1.82) is 0 Å². The molecule has 9 nitrogen and oxygen atoms in total. The summed E-state index contributed by atoms with van der Waals surface area (Å²) >= 11 is 1.45. The van der Waals surface area contributed by atoms with Gasteiger partial charge < -0.3 is 4.90 Å². The van der Waals surface area contributed by atoms with Crippen molar-refractivity contribution >= 4 is 16.7 Å². The fraction of sp³-hybridized carbons (Fsp3) is 0.467. The first-order valence-electron chi connectivity index (χ1n) is 8.17. The predicted molar refractivity (Wildman–Crippen MR) is 93.0 cm³/mol. The van der Waals surface area contributed by atoms with Crippen molar-refractivity contribution in [2.24, 2.45) is 5.92 Å². The molecule has 0 aromatic carbocycles. The molecule has 10 heteroatoms. The van der Waals surface area contributed by atoms with Crippen LogP contribution in [0.4, 0.5) is 5.13 Å². The normalized spacial score (nSPS) is 15.6. The Kier molecular flexibility index (Phi) is 4.26. The molecule has 25 heavy (non-hydrogen) atoms. The molecule has 1 fully saturated rings. The summed E-state index contributed by atoms with van der Waals surface area (Å²) in [5.41, 5.74) is -0.0916. The number of aromatic nitrogens is 7. The Bertz CT molecular complexity index is 894. The van der Waals surface area contributed by atoms with E-state index in [0.717, 1.165) is 36.9 Å². The molecule has 0 bridgehead atoms. The third kappa shape index (κ3) is 3.43. The maximum atomic E-state index is 12.1. The predicted octanol–water partition coefficient (Wildman–Crippen LogP) is 0.901. The number of hydrogen-bond acceptors (Lipinski definition) is 8. The van der Waals surface area contributed by atoms with Crippen LogP contribution in [0.2, 0.25) is 0 Å². The summed E-state index contributed by atoms with van der Waals surface area (Å²) in [6, 6.07) is 3.19. The lowest BCUT2D eigenvalue weighted by Gasteiger charge is -2.31. The second kappa shape index (κ2) is 6.71. The van der Waals surface area contributed by atoms with Crippen LogP contribution in [0.25, 0.3) is 5.82 Å². The number of rotatable bonds is 4. The van der Waals surface area contributed by atoms with Gasteiger partial charge in [0.25, 0.3) is 5.56 Å². The summed E-state index contributed by atoms with van der Waals surface area (Å²) in [4.78, 5) is 22.8. The summed E-state index contributed by atoms with van der Waals surface area (Å²) in [7, 11) is 0. The van der Waals surface area contributed by atoms with Crippen molar-refractivity contribution < 1.29 is 0 Å². The summed E-state index contributed by atoms with van der Waals surface area (Å²) in [6.07, 6.45) is 5.02. The first-order valence-corrected chi connectivity index (χ1v) is 8.95. The van der Waals surface area contributed by atoms with E-state index in [0.29, 0.717) is 18.3 Å². The first kappa shape index (κ1) is 15.9. The average molecular weight is 358 g/mol. The van der Waals surface area contributed by atoms with Gasteiger partial charge in [-0.25, -0.2) is 19.3 Å². The summed E-state index contributed by atoms with van der Waals surface area (Å²) in [6.45, 7) is 4.38. The van der Waals surface area contributed by atoms with E-state index in [1.807, 2.05) is 6.92 Å². The topological polar surface area (TPSA) is 94.6 Å². The third-order valence-corrected chi connectivity index (χ3v) is 5.21. The van der Waals surface area contributed by atoms with E-state index < -0.39 is 0 Å². The van der Waals surface area contributed by atoms with Crippen molar-refractivity contribution in [3.05, 3.63) is 41.0 Å². The number of aryl methyl sites for hydroxylation is 1. The fourth-order valence-corrected chi connectivity index (χ4v) is 3.71. The molecule has 0 atom stereocenters. The Balaban J connectivity index is 1.43. The van der Waals surface area contributed by atoms with Crippen molar-refractivity contribution in [2.75, 3.05) is 18.0 Å². The van der Waals surface area contributed by atoms with Crippen LogP contribution in [0.5, 0.6) is 0 Å². The van der Waals surface area contributed by atoms with Crippen LogP contribution in [0.15, 0.2) is 29.6 Å². The minimum Gasteiger partial charge on any atom is -0.347 e. The molecule has 3 aromatic heterocycles. The third-order valence-electron chi connectivity index (χ3n) is 4.34. The Morgan fingerprint density at radius 2 is 2.12 bits per heavy atom. The second-order valence-corrected chi connectivity index (χ2v) is 6.84. The highest BCUT2D eigenvalue weighted by atomic mass is 32.1. The van der Waals surface area contributed by atoms with Crippen LogP contribution in [0, 0.1) is 12.8 Å². The van der Waals surface area contributed by atoms with E-state index in [9.17, 15) is 4.79 Å². The Morgan fingerprint density at radius 1 is 1.28 bits per heavy atom. The van der Waals surface area contributed by atoms with E-state index in [1.54, 1.807) is 17.1 Å². The van der Waals surface area contributed by atoms with Gasteiger partial charge in [0, 0.05) is 37.2 Å². The first-order chi connectivity index (χ1) is 12.2. The lowest BCUT2D eigenvalue weighted by atomic mass is 9.97. The van der Waals surface area contributed by atoms with Crippen LogP contribution >= 0.6 is 11.5 Å². The van der Waals surface area contributed by atoms with E-state index in [2.05, 4.69) is 29.4 Å². The van der Waals surface area contributed by atoms with Crippen LogP contribution < -0.4 is 10.5 Å². The number of piperidine rings is 1. The summed E-state index contributed by atoms with van der Waals surface area (Å²) in [5, 5.41) is 9.46. The minimum absolute atomic E-state index is 0.0916. The molecular formula is C15H18N8OS. The highest BCUT2D eigenvalue weighted by Crippen LogP contribution is 2.25. The molecule has 1 saturated heterocycles. The quantitative estimate of drug-likeness (QED) is 0.684. The fourth-order valence-electron chi connectivity index (χ4n) is 2.98. The maximum Gasteiger partial charge on any atom is 0.266 e. The van der Waals surface area contributed by atoms with Gasteiger partial charge in [0.1, 0.15) is 18.5 Å². The average Bonchev–Trinajstić information content (AvgIpc) is 3.29. The smallest absolute Gasteiger partial charge is 0.266 e. The molecule has 3 aromatic rings. The van der Waals surface area contributed by atoms with Gasteiger partial charge in [0.05, 0.1) is 0 Å². The number of nitrogens with zero attached hydrogens (tertiary/aromatic N) is 8. The molecule has 0 unspecified atom stereocenters. The van der Waals surface area contributed by atoms with Gasteiger partial charge in [0.2, 0.25) is 5.13 Å². The van der Waals surface area contributed by atoms with Crippen LogP contribution in [-0.4, -0.2) is 47.0 Å². The van der Waals surface area contributed by atoms with Gasteiger partial charge >= 0.3 is 0 Å². The van der Waals surface area contributed by atoms with Crippen molar-refractivity contribution in [1.82, 2.24) is 33.9 Å². The summed E-state index contributed by atoms with van der Waals surface area (Å²) in [5.74, 6) is 1.84. The highest BCUT2D eigenvalue weighted by molar-refractivity contribution is 7.09. The molecule has 0 amide bonds. The van der Waals surface area contributed by atoms with Crippen LogP contribution in [0.3, 0.4) is 0 Å². The molecule has 1 aliphatic rings. The molecule has 0 N–H and O–H groups in total. The Morgan fingerprint density at radius 3 is 2.80 bits per heavy atom. The molecule has 4 rings (SSSR count). The van der Waals surface area contributed by atoms with Crippen LogP contribution in [0.1, 0.15) is 18.7 Å². The molecule has 1 aliphatic heterocycles. The standard InChI is InChI=1S/C15H18N8OS/c1-11-18-15(25-20-11)21-6-4-12(5-7-21)8-22-14(24)3-2-13(19-22)23-10-16-9-17-23/h2-3,9-10,12H,4-8H2,1H3. The molecule has 0 radical (unpaired) electrons. The van der Waals surface area contributed by atoms with Crippen molar-refractivity contribution in [3.63, 3.8) is 0 Å². The van der Waals surface area contributed by atoms with Gasteiger partial charge in [-0.1, -0.05) is 0 Å². The highest BCUT2D eigenvalue weighted by Gasteiger charge is 2.22. The van der Waals surface area contributed by atoms with E-state index >= 15 is 0 Å². The second-order valence-electron chi connectivity index (χ2n) is 6.11. The summed E-state index contributed by atoms with van der Waals surface area (Å²) < 4.78 is 7.33. The molecule has 0 saturated carbocycles. The maximum absolute atomic E-state index is 12.1. The van der Waals surface area contributed by atoms with E-state index in [4.69, 9.17) is 0 Å². The lowest BCUT2D eigenvalue weighted by Crippen LogP contribution is -2.37. The number of anilines is 1. The zero-order chi connectivity index (χ0) is 17.2. The lowest BCUT2D eigenvalue weighted by molar-refractivity contribution is 0.334. The van der Waals surface area contributed by atoms with E-state index in [1.165, 1.54) is 28.6 Å². The van der Waals surface area contributed by atoms with Gasteiger partial charge in [-0.2, -0.15) is 9.47 Å². The Hall–Kier alpha value is -2.62. The van der Waals surface area contributed by atoms with Gasteiger partial charge in [0.15, 0.2) is 5.82 Å². The molecule has 0 spiro atoms. The molecular weight excluding hydrogens is 340 g/mol. The van der Waals surface area contributed by atoms with Gasteiger partial charge in [-0.05, 0) is 31.7 Å². The molecule has 0 aliphatic carbocycles. The molecule has 130 valence electrons. The SMILES string of the molecule is Cc1nsc(N2CCC(Cn3nc(-n4cncn4)ccc3=O)CC2)n1. The van der Waals surface area contributed by atoms with Gasteiger partial charge in [-0.3, -0.25) is 4.79 Å². The minimum atomic E-state index is -0.0916. The molecule has 4 heterocycles. The number of hydrogen-bond donors (Lipinski definition) is 0. The monoisotopic (exact) mass is 358 g/mol. The van der Waals surface area contributed by atoms with Crippen molar-refractivity contribution in [3.8, 4) is 5.82 Å². The van der Waals surface area contributed by atoms with Crippen LogP contribution in [-0.2, 0) is 6.54 Å². The largest absolute Gasteiger partial charge is 0.347 e. The van der Waals surface area contributed by atoms with E-state index in [-0.39, 0.29) is 5.56 Å². The Labute approximate surface area is 148 Å². The zero-order valence-corrected chi connectivity index (χ0v) is 14.6. The zero-order valence-electron chi connectivity index (χ0n) is 13.8. The van der Waals surface area contributed by atoms with Crippen molar-refractivity contribution in [2.45, 2.75) is 26.3 Å². The van der Waals surface area contributed by atoms with Gasteiger partial charge in [-0.15, -0.1) is 5.10 Å².